The number of esters is 1. The van der Waals surface area contributed by atoms with Gasteiger partial charge < -0.3 is 10.5 Å². The number of hydrogen-bond acceptors (Lipinski definition) is 5. The molecule has 1 aliphatic rings. The first-order chi connectivity index (χ1) is 10.5. The number of ether oxygens (including phenoxy) is 1. The molecule has 22 heavy (non-hydrogen) atoms. The molecule has 2 N–H and O–H groups in total. The van der Waals surface area contributed by atoms with E-state index >= 15 is 0 Å². The summed E-state index contributed by atoms with van der Waals surface area (Å²) < 4.78 is 5.10. The fourth-order valence-corrected chi connectivity index (χ4v) is 3.00. The third-order valence-corrected chi connectivity index (χ3v) is 4.26. The Labute approximate surface area is 132 Å². The zero-order valence-corrected chi connectivity index (χ0v) is 13.6. The lowest BCUT2D eigenvalue weighted by molar-refractivity contribution is -0.149. The van der Waals surface area contributed by atoms with Gasteiger partial charge in [-0.15, -0.1) is 0 Å². The molecule has 1 saturated carbocycles. The third-order valence-electron chi connectivity index (χ3n) is 4.26. The van der Waals surface area contributed by atoms with E-state index in [0.29, 0.717) is 19.4 Å². The largest absolute Gasteiger partial charge is 0.465 e. The molecule has 2 atom stereocenters. The van der Waals surface area contributed by atoms with Crippen LogP contribution in [0.25, 0.3) is 0 Å². The van der Waals surface area contributed by atoms with E-state index in [1.165, 1.54) is 0 Å². The average molecular weight is 303 g/mol. The van der Waals surface area contributed by atoms with Crippen molar-refractivity contribution in [1.82, 2.24) is 4.98 Å². The van der Waals surface area contributed by atoms with Gasteiger partial charge in [0.1, 0.15) is 5.54 Å². The molecule has 120 valence electrons. The second-order valence-electron chi connectivity index (χ2n) is 5.85. The Balaban J connectivity index is 2.08. The van der Waals surface area contributed by atoms with Gasteiger partial charge in [0.15, 0.2) is 0 Å². The van der Waals surface area contributed by atoms with Gasteiger partial charge in [-0.05, 0) is 57.6 Å². The Kier molecular flexibility index (Phi) is 5.29. The molecule has 1 aromatic rings. The van der Waals surface area contributed by atoms with E-state index in [2.05, 4.69) is 16.0 Å². The Morgan fingerprint density at radius 3 is 2.86 bits per heavy atom. The number of nitrogens with zero attached hydrogens (tertiary/aromatic N) is 2. The van der Waals surface area contributed by atoms with Crippen LogP contribution in [0, 0.1) is 0 Å². The van der Waals surface area contributed by atoms with E-state index in [1.54, 1.807) is 6.92 Å². The van der Waals surface area contributed by atoms with Gasteiger partial charge in [-0.25, -0.2) is 0 Å². The molecule has 1 aromatic heterocycles. The average Bonchev–Trinajstić information content (AvgIpc) is 2.92. The molecule has 0 aromatic carbocycles. The van der Waals surface area contributed by atoms with Gasteiger partial charge in [-0.3, -0.25) is 14.8 Å². The smallest absolute Gasteiger partial charge is 0.326 e. The molecule has 1 fully saturated rings. The van der Waals surface area contributed by atoms with Crippen LogP contribution in [0.4, 0.5) is 0 Å². The van der Waals surface area contributed by atoms with Crippen molar-refractivity contribution >= 4 is 11.7 Å². The molecular weight excluding hydrogens is 278 g/mol. The van der Waals surface area contributed by atoms with Gasteiger partial charge >= 0.3 is 5.97 Å². The molecule has 0 saturated heterocycles. The maximum atomic E-state index is 12.0. The fraction of sp³-hybridized carbons (Fsp3) is 0.588. The standard InChI is InChI=1S/C17H25N3O2/c1-4-19-12(3)15-7-6-14(11-20-15)13-8-9-17(18,10-13)16(21)22-5-2/h6-7,11,13H,4-5,8-10,18H2,1-3H3. The zero-order valence-electron chi connectivity index (χ0n) is 13.6. The van der Waals surface area contributed by atoms with Crippen LogP contribution in [0.3, 0.4) is 0 Å². The van der Waals surface area contributed by atoms with E-state index in [9.17, 15) is 4.79 Å². The second-order valence-corrected chi connectivity index (χ2v) is 5.85. The molecule has 0 bridgehead atoms. The maximum Gasteiger partial charge on any atom is 0.326 e. The summed E-state index contributed by atoms with van der Waals surface area (Å²) in [4.78, 5) is 20.8. The molecule has 1 heterocycles. The predicted molar refractivity (Wildman–Crippen MR) is 87.1 cm³/mol. The highest BCUT2D eigenvalue weighted by Gasteiger charge is 2.43. The van der Waals surface area contributed by atoms with Crippen LogP contribution < -0.4 is 5.73 Å². The van der Waals surface area contributed by atoms with Crippen molar-refractivity contribution in [2.75, 3.05) is 13.2 Å². The Bertz CT molecular complexity index is 554. The predicted octanol–water partition coefficient (Wildman–Crippen LogP) is 2.44. The highest BCUT2D eigenvalue weighted by Crippen LogP contribution is 2.40. The minimum atomic E-state index is -0.848. The minimum absolute atomic E-state index is 0.263. The number of carbonyl (C=O) groups is 1. The Morgan fingerprint density at radius 2 is 2.27 bits per heavy atom. The van der Waals surface area contributed by atoms with Crippen molar-refractivity contribution in [3.05, 3.63) is 29.6 Å². The van der Waals surface area contributed by atoms with Crippen molar-refractivity contribution in [3.63, 3.8) is 0 Å². The number of hydrogen-bond donors (Lipinski definition) is 1. The van der Waals surface area contributed by atoms with Gasteiger partial charge in [0, 0.05) is 12.7 Å². The first-order valence-electron chi connectivity index (χ1n) is 7.93. The van der Waals surface area contributed by atoms with E-state index in [4.69, 9.17) is 10.5 Å². The van der Waals surface area contributed by atoms with Gasteiger partial charge in [0.2, 0.25) is 0 Å². The number of carbonyl (C=O) groups excluding carboxylic acids is 1. The second kappa shape index (κ2) is 7.01. The van der Waals surface area contributed by atoms with Gasteiger partial charge in [-0.1, -0.05) is 6.07 Å². The summed E-state index contributed by atoms with van der Waals surface area (Å²) in [7, 11) is 0. The van der Waals surface area contributed by atoms with E-state index in [0.717, 1.165) is 29.9 Å². The topological polar surface area (TPSA) is 77.6 Å². The molecule has 5 heteroatoms. The quantitative estimate of drug-likeness (QED) is 0.669. The summed E-state index contributed by atoms with van der Waals surface area (Å²) in [5, 5.41) is 0. The van der Waals surface area contributed by atoms with E-state index < -0.39 is 5.54 Å². The summed E-state index contributed by atoms with van der Waals surface area (Å²) in [5.74, 6) is -0.0209. The Morgan fingerprint density at radius 1 is 1.50 bits per heavy atom. The normalized spacial score (nSPS) is 25.3. The van der Waals surface area contributed by atoms with Gasteiger partial charge in [0.25, 0.3) is 0 Å². The van der Waals surface area contributed by atoms with Crippen molar-refractivity contribution in [2.24, 2.45) is 10.7 Å². The fourth-order valence-electron chi connectivity index (χ4n) is 3.00. The highest BCUT2D eigenvalue weighted by molar-refractivity contribution is 5.96. The van der Waals surface area contributed by atoms with Crippen LogP contribution >= 0.6 is 0 Å². The molecule has 2 unspecified atom stereocenters. The zero-order chi connectivity index (χ0) is 16.2. The van der Waals surface area contributed by atoms with Crippen LogP contribution in [-0.4, -0.2) is 35.4 Å². The molecule has 0 amide bonds. The number of pyridine rings is 1. The van der Waals surface area contributed by atoms with E-state index in [-0.39, 0.29) is 11.9 Å². The van der Waals surface area contributed by atoms with Gasteiger partial charge in [-0.2, -0.15) is 0 Å². The molecule has 1 aliphatic carbocycles. The van der Waals surface area contributed by atoms with E-state index in [1.807, 2.05) is 26.1 Å². The first-order valence-corrected chi connectivity index (χ1v) is 7.93. The van der Waals surface area contributed by atoms with Crippen LogP contribution in [-0.2, 0) is 9.53 Å². The highest BCUT2D eigenvalue weighted by atomic mass is 16.5. The van der Waals surface area contributed by atoms with Crippen LogP contribution in [0.5, 0.6) is 0 Å². The molecule has 0 spiro atoms. The number of nitrogens with two attached hydrogens (primary N) is 1. The lowest BCUT2D eigenvalue weighted by Gasteiger charge is -2.21. The molecule has 0 aliphatic heterocycles. The molecule has 2 rings (SSSR count). The Hall–Kier alpha value is -1.75. The van der Waals surface area contributed by atoms with Crippen molar-refractivity contribution in [3.8, 4) is 0 Å². The lowest BCUT2D eigenvalue weighted by Crippen LogP contribution is -2.46. The summed E-state index contributed by atoms with van der Waals surface area (Å²) in [5.41, 5.74) is 8.34. The third kappa shape index (κ3) is 3.53. The summed E-state index contributed by atoms with van der Waals surface area (Å²) >= 11 is 0. The molecular formula is C17H25N3O2. The molecule has 5 nitrogen and oxygen atoms in total. The van der Waals surface area contributed by atoms with Crippen LogP contribution in [0.2, 0.25) is 0 Å². The van der Waals surface area contributed by atoms with Crippen LogP contribution in [0.15, 0.2) is 23.3 Å². The number of aromatic nitrogens is 1. The minimum Gasteiger partial charge on any atom is -0.465 e. The van der Waals surface area contributed by atoms with Crippen molar-refractivity contribution in [1.29, 1.82) is 0 Å². The lowest BCUT2D eigenvalue weighted by atomic mass is 9.94. The number of aliphatic imine (C=N–C) groups is 1. The summed E-state index contributed by atoms with van der Waals surface area (Å²) in [6.07, 6.45) is 4.05. The SMILES string of the molecule is CCN=C(C)c1ccc(C2CCC(N)(C(=O)OCC)C2)cn1. The summed E-state index contributed by atoms with van der Waals surface area (Å²) in [6.45, 7) is 6.90. The molecule has 0 radical (unpaired) electrons. The maximum absolute atomic E-state index is 12.0. The van der Waals surface area contributed by atoms with Crippen LogP contribution in [0.1, 0.15) is 57.2 Å². The summed E-state index contributed by atoms with van der Waals surface area (Å²) in [6, 6.07) is 4.06. The van der Waals surface area contributed by atoms with Gasteiger partial charge in [0.05, 0.1) is 18.0 Å². The van der Waals surface area contributed by atoms with Crippen molar-refractivity contribution in [2.45, 2.75) is 51.5 Å². The first kappa shape index (κ1) is 16.6. The monoisotopic (exact) mass is 303 g/mol. The van der Waals surface area contributed by atoms with Crippen molar-refractivity contribution < 1.29 is 9.53 Å². The number of rotatable bonds is 5.